The zero-order valence-corrected chi connectivity index (χ0v) is 15.8. The summed E-state index contributed by atoms with van der Waals surface area (Å²) in [5.74, 6) is 0.545. The molecular formula is C21H27N3O2. The highest BCUT2D eigenvalue weighted by Gasteiger charge is 2.27. The van der Waals surface area contributed by atoms with Crippen molar-refractivity contribution >= 4 is 11.4 Å². The molecule has 0 aliphatic carbocycles. The van der Waals surface area contributed by atoms with Gasteiger partial charge in [0.1, 0.15) is 0 Å². The zero-order chi connectivity index (χ0) is 18.7. The molecule has 0 saturated carbocycles. The molecule has 1 saturated heterocycles. The van der Waals surface area contributed by atoms with Crippen LogP contribution in [0.25, 0.3) is 0 Å². The molecule has 1 unspecified atom stereocenters. The molecule has 0 radical (unpaired) electrons. The molecule has 2 aromatic carbocycles. The number of hydrogen-bond donors (Lipinski definition) is 0. The van der Waals surface area contributed by atoms with E-state index in [2.05, 4.69) is 54.8 Å². The van der Waals surface area contributed by atoms with Crippen molar-refractivity contribution in [2.75, 3.05) is 31.1 Å². The Morgan fingerprint density at radius 3 is 2.00 bits per heavy atom. The van der Waals surface area contributed by atoms with Gasteiger partial charge >= 0.3 is 0 Å². The number of non-ortho nitro benzene ring substituents is 1. The first-order valence-corrected chi connectivity index (χ1v) is 9.25. The highest BCUT2D eigenvalue weighted by molar-refractivity contribution is 5.51. The van der Waals surface area contributed by atoms with Crippen LogP contribution in [-0.2, 0) is 0 Å². The number of piperazine rings is 1. The largest absolute Gasteiger partial charge is 0.369 e. The van der Waals surface area contributed by atoms with Crippen molar-refractivity contribution in [3.63, 3.8) is 0 Å². The van der Waals surface area contributed by atoms with E-state index in [1.165, 1.54) is 11.1 Å². The number of benzene rings is 2. The van der Waals surface area contributed by atoms with Crippen LogP contribution in [0.3, 0.4) is 0 Å². The molecule has 0 bridgehead atoms. The molecule has 5 nitrogen and oxygen atoms in total. The minimum Gasteiger partial charge on any atom is -0.369 e. The van der Waals surface area contributed by atoms with Gasteiger partial charge in [-0.1, -0.05) is 43.7 Å². The third-order valence-corrected chi connectivity index (χ3v) is 5.18. The number of nitro benzene ring substituents is 1. The van der Waals surface area contributed by atoms with Gasteiger partial charge in [0, 0.05) is 50.0 Å². The van der Waals surface area contributed by atoms with Crippen LogP contribution in [0, 0.1) is 23.0 Å². The van der Waals surface area contributed by atoms with Crippen molar-refractivity contribution in [2.24, 2.45) is 5.92 Å². The maximum atomic E-state index is 10.8. The molecule has 2 aromatic rings. The Hall–Kier alpha value is -2.40. The minimum absolute atomic E-state index is 0.145. The highest BCUT2D eigenvalue weighted by atomic mass is 16.6. The lowest BCUT2D eigenvalue weighted by Crippen LogP contribution is -2.48. The van der Waals surface area contributed by atoms with Crippen molar-refractivity contribution in [3.05, 3.63) is 69.8 Å². The van der Waals surface area contributed by atoms with Crippen LogP contribution in [0.4, 0.5) is 11.4 Å². The van der Waals surface area contributed by atoms with Gasteiger partial charge in [0.2, 0.25) is 0 Å². The lowest BCUT2D eigenvalue weighted by molar-refractivity contribution is -0.384. The van der Waals surface area contributed by atoms with Crippen LogP contribution in [0.5, 0.6) is 0 Å². The quantitative estimate of drug-likeness (QED) is 0.590. The van der Waals surface area contributed by atoms with Crippen LogP contribution in [-0.4, -0.2) is 36.0 Å². The molecule has 26 heavy (non-hydrogen) atoms. The van der Waals surface area contributed by atoms with Gasteiger partial charge in [0.15, 0.2) is 0 Å². The summed E-state index contributed by atoms with van der Waals surface area (Å²) >= 11 is 0. The van der Waals surface area contributed by atoms with Gasteiger partial charge < -0.3 is 4.90 Å². The van der Waals surface area contributed by atoms with Gasteiger partial charge in [-0.15, -0.1) is 0 Å². The Morgan fingerprint density at radius 2 is 1.50 bits per heavy atom. The third kappa shape index (κ3) is 4.05. The van der Waals surface area contributed by atoms with Crippen molar-refractivity contribution in [3.8, 4) is 0 Å². The predicted octanol–water partition coefficient (Wildman–Crippen LogP) is 4.42. The van der Waals surface area contributed by atoms with Gasteiger partial charge in [-0.2, -0.15) is 0 Å². The minimum atomic E-state index is -0.351. The monoisotopic (exact) mass is 353 g/mol. The third-order valence-electron chi connectivity index (χ3n) is 5.18. The highest BCUT2D eigenvalue weighted by Crippen LogP contribution is 2.30. The van der Waals surface area contributed by atoms with Gasteiger partial charge in [-0.3, -0.25) is 15.0 Å². The number of hydrogen-bond acceptors (Lipinski definition) is 4. The van der Waals surface area contributed by atoms with Crippen molar-refractivity contribution in [1.82, 2.24) is 4.90 Å². The van der Waals surface area contributed by atoms with Crippen LogP contribution in [0.2, 0.25) is 0 Å². The van der Waals surface area contributed by atoms with Crippen molar-refractivity contribution < 1.29 is 4.92 Å². The summed E-state index contributed by atoms with van der Waals surface area (Å²) in [6.45, 7) is 10.6. The lowest BCUT2D eigenvalue weighted by atomic mass is 9.93. The number of rotatable bonds is 5. The summed E-state index contributed by atoms with van der Waals surface area (Å²) in [4.78, 5) is 15.3. The molecule has 138 valence electrons. The first kappa shape index (κ1) is 18.4. The molecule has 0 spiro atoms. The SMILES string of the molecule is Cc1ccc(C(C(C)C)N2CCN(c3ccc([N+](=O)[O-])cc3)CC2)cc1. The summed E-state index contributed by atoms with van der Waals surface area (Å²) in [5.41, 5.74) is 3.88. The average Bonchev–Trinajstić information content (AvgIpc) is 2.64. The number of aryl methyl sites for hydroxylation is 1. The smallest absolute Gasteiger partial charge is 0.269 e. The maximum absolute atomic E-state index is 10.8. The van der Waals surface area contributed by atoms with E-state index in [1.807, 2.05) is 12.1 Å². The second kappa shape index (κ2) is 7.87. The fourth-order valence-corrected chi connectivity index (χ4v) is 3.82. The predicted molar refractivity (Wildman–Crippen MR) is 106 cm³/mol. The first-order valence-electron chi connectivity index (χ1n) is 9.25. The second-order valence-electron chi connectivity index (χ2n) is 7.40. The molecule has 0 N–H and O–H groups in total. The van der Waals surface area contributed by atoms with E-state index in [1.54, 1.807) is 12.1 Å². The number of anilines is 1. The molecule has 1 aliphatic rings. The normalized spacial score (nSPS) is 16.7. The van der Waals surface area contributed by atoms with E-state index >= 15 is 0 Å². The number of nitrogens with zero attached hydrogens (tertiary/aromatic N) is 3. The van der Waals surface area contributed by atoms with E-state index in [0.717, 1.165) is 31.9 Å². The van der Waals surface area contributed by atoms with Crippen LogP contribution in [0.15, 0.2) is 48.5 Å². The fourth-order valence-electron chi connectivity index (χ4n) is 3.82. The van der Waals surface area contributed by atoms with Gasteiger partial charge in [-0.05, 0) is 30.5 Å². The summed E-state index contributed by atoms with van der Waals surface area (Å²) in [5, 5.41) is 10.8. The van der Waals surface area contributed by atoms with Crippen molar-refractivity contribution in [2.45, 2.75) is 26.8 Å². The Bertz CT molecular complexity index is 733. The molecule has 1 heterocycles. The van der Waals surface area contributed by atoms with E-state index in [4.69, 9.17) is 0 Å². The zero-order valence-electron chi connectivity index (χ0n) is 15.8. The maximum Gasteiger partial charge on any atom is 0.269 e. The van der Waals surface area contributed by atoms with E-state index in [0.29, 0.717) is 12.0 Å². The molecular weight excluding hydrogens is 326 g/mol. The Labute approximate surface area is 155 Å². The molecule has 3 rings (SSSR count). The van der Waals surface area contributed by atoms with E-state index < -0.39 is 0 Å². The summed E-state index contributed by atoms with van der Waals surface area (Å²) in [6, 6.07) is 16.2. The average molecular weight is 353 g/mol. The number of nitro groups is 1. The summed E-state index contributed by atoms with van der Waals surface area (Å²) in [7, 11) is 0. The molecule has 0 aromatic heterocycles. The Balaban J connectivity index is 1.68. The standard InChI is InChI=1S/C21H27N3O2/c1-16(2)21(18-6-4-17(3)5-7-18)23-14-12-22(13-15-23)19-8-10-20(11-9-19)24(25)26/h4-11,16,21H,12-15H2,1-3H3. The van der Waals surface area contributed by atoms with E-state index in [-0.39, 0.29) is 10.6 Å². The first-order chi connectivity index (χ1) is 12.5. The molecule has 5 heteroatoms. The van der Waals surface area contributed by atoms with Gasteiger partial charge in [0.05, 0.1) is 4.92 Å². The Kier molecular flexibility index (Phi) is 5.57. The van der Waals surface area contributed by atoms with Gasteiger partial charge in [0.25, 0.3) is 5.69 Å². The fraction of sp³-hybridized carbons (Fsp3) is 0.429. The Morgan fingerprint density at radius 1 is 0.923 bits per heavy atom. The van der Waals surface area contributed by atoms with Crippen LogP contribution in [0.1, 0.15) is 31.0 Å². The molecule has 1 aliphatic heterocycles. The van der Waals surface area contributed by atoms with E-state index in [9.17, 15) is 10.1 Å². The van der Waals surface area contributed by atoms with Crippen LogP contribution < -0.4 is 4.90 Å². The summed E-state index contributed by atoms with van der Waals surface area (Å²) in [6.07, 6.45) is 0. The molecule has 0 amide bonds. The van der Waals surface area contributed by atoms with Crippen molar-refractivity contribution in [1.29, 1.82) is 0 Å². The second-order valence-corrected chi connectivity index (χ2v) is 7.40. The lowest BCUT2D eigenvalue weighted by Gasteiger charge is -2.42. The van der Waals surface area contributed by atoms with Crippen LogP contribution >= 0.6 is 0 Å². The topological polar surface area (TPSA) is 49.6 Å². The molecule has 1 atom stereocenters. The summed E-state index contributed by atoms with van der Waals surface area (Å²) < 4.78 is 0. The van der Waals surface area contributed by atoms with Gasteiger partial charge in [-0.25, -0.2) is 0 Å². The molecule has 1 fully saturated rings.